The summed E-state index contributed by atoms with van der Waals surface area (Å²) in [4.78, 5) is 19.2. The third-order valence-electron chi connectivity index (χ3n) is 2.41. The predicted molar refractivity (Wildman–Crippen MR) is 67.8 cm³/mol. The number of anilines is 2. The lowest BCUT2D eigenvalue weighted by molar-refractivity contribution is -0.119. The number of hydrazine groups is 1. The molecule has 0 aromatic carbocycles. The smallest absolute Gasteiger partial charge is 0.240 e. The molecular weight excluding hydrogens is 236 g/mol. The van der Waals surface area contributed by atoms with Crippen LogP contribution in [0.2, 0.25) is 0 Å². The van der Waals surface area contributed by atoms with Crippen LogP contribution < -0.4 is 27.1 Å². The minimum Gasteiger partial charge on any atom is -0.490 e. The molecule has 6 N–H and O–H groups in total. The van der Waals surface area contributed by atoms with Gasteiger partial charge in [0.1, 0.15) is 12.4 Å². The summed E-state index contributed by atoms with van der Waals surface area (Å²) in [5.74, 6) is 5.86. The Morgan fingerprint density at radius 1 is 1.39 bits per heavy atom. The van der Waals surface area contributed by atoms with Crippen LogP contribution in [0.25, 0.3) is 0 Å². The molecule has 0 aliphatic heterocycles. The maximum atomic E-state index is 11.3. The second-order valence-electron chi connectivity index (χ2n) is 4.02. The lowest BCUT2D eigenvalue weighted by Crippen LogP contribution is -2.39. The molecule has 0 bridgehead atoms. The summed E-state index contributed by atoms with van der Waals surface area (Å²) in [5.41, 5.74) is 7.71. The minimum atomic E-state index is -0.556. The van der Waals surface area contributed by atoms with Crippen LogP contribution in [0.1, 0.15) is 13.8 Å². The fourth-order valence-electron chi connectivity index (χ4n) is 1.49. The third-order valence-corrected chi connectivity index (χ3v) is 2.41. The van der Waals surface area contributed by atoms with Gasteiger partial charge in [-0.25, -0.2) is 15.8 Å². The van der Waals surface area contributed by atoms with Gasteiger partial charge in [-0.3, -0.25) is 4.79 Å². The number of methoxy groups -OCH3 is 1. The topological polar surface area (TPSA) is 128 Å². The Kier molecular flexibility index (Phi) is 4.67. The van der Waals surface area contributed by atoms with Crippen molar-refractivity contribution in [2.24, 2.45) is 17.5 Å². The zero-order valence-electron chi connectivity index (χ0n) is 10.6. The number of nitrogens with zero attached hydrogens (tertiary/aromatic N) is 2. The van der Waals surface area contributed by atoms with Crippen molar-refractivity contribution in [3.63, 3.8) is 0 Å². The quantitative estimate of drug-likeness (QED) is 0.405. The van der Waals surface area contributed by atoms with E-state index in [1.165, 1.54) is 13.4 Å². The molecule has 0 saturated heterocycles. The lowest BCUT2D eigenvalue weighted by atomic mass is 10.0. The highest BCUT2D eigenvalue weighted by atomic mass is 16.5. The second-order valence-corrected chi connectivity index (χ2v) is 4.02. The summed E-state index contributed by atoms with van der Waals surface area (Å²) < 4.78 is 5.15. The van der Waals surface area contributed by atoms with Crippen molar-refractivity contribution in [3.05, 3.63) is 6.33 Å². The number of amides is 1. The number of hydrogen-bond acceptors (Lipinski definition) is 7. The van der Waals surface area contributed by atoms with E-state index < -0.39 is 11.9 Å². The molecule has 1 atom stereocenters. The highest BCUT2D eigenvalue weighted by Crippen LogP contribution is 2.29. The SMILES string of the molecule is COc1c(NN)ncnc1NC(C(N)=O)C(C)C. The zero-order valence-corrected chi connectivity index (χ0v) is 10.6. The van der Waals surface area contributed by atoms with E-state index in [2.05, 4.69) is 20.7 Å². The van der Waals surface area contributed by atoms with Gasteiger partial charge in [0, 0.05) is 0 Å². The summed E-state index contributed by atoms with van der Waals surface area (Å²) in [6, 6.07) is -0.556. The van der Waals surface area contributed by atoms with Crippen LogP contribution in [-0.4, -0.2) is 29.0 Å². The van der Waals surface area contributed by atoms with Crippen LogP contribution in [-0.2, 0) is 4.79 Å². The average molecular weight is 254 g/mol. The van der Waals surface area contributed by atoms with Gasteiger partial charge >= 0.3 is 0 Å². The van der Waals surface area contributed by atoms with Crippen molar-refractivity contribution in [3.8, 4) is 5.75 Å². The van der Waals surface area contributed by atoms with Crippen molar-refractivity contribution >= 4 is 17.5 Å². The van der Waals surface area contributed by atoms with Crippen molar-refractivity contribution in [1.29, 1.82) is 0 Å². The van der Waals surface area contributed by atoms with Gasteiger partial charge in [0.05, 0.1) is 7.11 Å². The molecule has 0 spiro atoms. The Morgan fingerprint density at radius 2 is 2.00 bits per heavy atom. The lowest BCUT2D eigenvalue weighted by Gasteiger charge is -2.21. The first-order valence-corrected chi connectivity index (χ1v) is 5.42. The number of primary amides is 1. The molecule has 0 saturated carbocycles. The standard InChI is InChI=1S/C10H18N6O2/c1-5(2)6(8(11)17)15-9-7(18-3)10(16-12)14-4-13-9/h4-6H,12H2,1-3H3,(H2,11,17)(H2,13,14,15,16). The minimum absolute atomic E-state index is 0.0106. The van der Waals surface area contributed by atoms with Crippen LogP contribution in [0, 0.1) is 5.92 Å². The second kappa shape index (κ2) is 6.01. The molecule has 8 heteroatoms. The molecule has 0 aliphatic carbocycles. The van der Waals surface area contributed by atoms with Crippen molar-refractivity contribution in [1.82, 2.24) is 9.97 Å². The number of carbonyl (C=O) groups is 1. The fraction of sp³-hybridized carbons (Fsp3) is 0.500. The van der Waals surface area contributed by atoms with E-state index in [1.807, 2.05) is 13.8 Å². The molecule has 18 heavy (non-hydrogen) atoms. The molecule has 8 nitrogen and oxygen atoms in total. The molecule has 1 amide bonds. The number of carbonyl (C=O) groups excluding carboxylic acids is 1. The Balaban J connectivity index is 3.06. The van der Waals surface area contributed by atoms with Crippen molar-refractivity contribution in [2.75, 3.05) is 17.9 Å². The number of aromatic nitrogens is 2. The molecule has 1 heterocycles. The fourth-order valence-corrected chi connectivity index (χ4v) is 1.49. The van der Waals surface area contributed by atoms with E-state index >= 15 is 0 Å². The molecule has 1 aromatic rings. The van der Waals surface area contributed by atoms with Crippen molar-refractivity contribution < 1.29 is 9.53 Å². The predicted octanol–water partition coefficient (Wildman–Crippen LogP) is -0.307. The monoisotopic (exact) mass is 254 g/mol. The van der Waals surface area contributed by atoms with Gasteiger partial charge in [0.2, 0.25) is 11.7 Å². The Bertz CT molecular complexity index is 423. The molecule has 0 radical (unpaired) electrons. The van der Waals surface area contributed by atoms with E-state index in [0.717, 1.165) is 0 Å². The molecule has 1 rings (SSSR count). The summed E-state index contributed by atoms with van der Waals surface area (Å²) in [7, 11) is 1.46. The Morgan fingerprint density at radius 3 is 2.44 bits per heavy atom. The summed E-state index contributed by atoms with van der Waals surface area (Å²) in [5, 5.41) is 2.93. The van der Waals surface area contributed by atoms with E-state index in [1.54, 1.807) is 0 Å². The number of nitrogens with two attached hydrogens (primary N) is 2. The average Bonchev–Trinajstić information content (AvgIpc) is 2.34. The van der Waals surface area contributed by atoms with E-state index in [9.17, 15) is 4.79 Å². The number of nitrogen functional groups attached to an aromatic ring is 1. The number of hydrogen-bond donors (Lipinski definition) is 4. The van der Waals surface area contributed by atoms with Gasteiger partial charge in [-0.05, 0) is 5.92 Å². The van der Waals surface area contributed by atoms with Crippen LogP contribution in [0.15, 0.2) is 6.33 Å². The van der Waals surface area contributed by atoms with Gasteiger partial charge in [0.15, 0.2) is 11.6 Å². The van der Waals surface area contributed by atoms with E-state index in [0.29, 0.717) is 17.4 Å². The maximum absolute atomic E-state index is 11.3. The molecule has 0 fully saturated rings. The Labute approximate surface area is 105 Å². The molecule has 100 valence electrons. The van der Waals surface area contributed by atoms with Crippen LogP contribution >= 0.6 is 0 Å². The number of nitrogens with one attached hydrogen (secondary N) is 2. The summed E-state index contributed by atoms with van der Waals surface area (Å²) in [6.07, 6.45) is 1.30. The van der Waals surface area contributed by atoms with Crippen LogP contribution in [0.5, 0.6) is 5.75 Å². The highest BCUT2D eigenvalue weighted by molar-refractivity contribution is 5.83. The molecule has 0 aliphatic rings. The van der Waals surface area contributed by atoms with Gasteiger partial charge < -0.3 is 21.2 Å². The first kappa shape index (κ1) is 14.0. The molecule has 1 unspecified atom stereocenters. The van der Waals surface area contributed by atoms with Gasteiger partial charge in [-0.15, -0.1) is 0 Å². The normalized spacial score (nSPS) is 12.1. The molecular formula is C10H18N6O2. The van der Waals surface area contributed by atoms with Crippen molar-refractivity contribution in [2.45, 2.75) is 19.9 Å². The summed E-state index contributed by atoms with van der Waals surface area (Å²) in [6.45, 7) is 3.75. The van der Waals surface area contributed by atoms with Crippen LogP contribution in [0.3, 0.4) is 0 Å². The zero-order chi connectivity index (χ0) is 13.7. The first-order chi connectivity index (χ1) is 8.51. The van der Waals surface area contributed by atoms with Gasteiger partial charge in [-0.1, -0.05) is 13.8 Å². The van der Waals surface area contributed by atoms with Crippen LogP contribution in [0.4, 0.5) is 11.6 Å². The third kappa shape index (κ3) is 2.98. The van der Waals surface area contributed by atoms with E-state index in [4.69, 9.17) is 16.3 Å². The van der Waals surface area contributed by atoms with Gasteiger partial charge in [0.25, 0.3) is 0 Å². The molecule has 1 aromatic heterocycles. The number of ether oxygens (including phenoxy) is 1. The maximum Gasteiger partial charge on any atom is 0.240 e. The first-order valence-electron chi connectivity index (χ1n) is 5.42. The highest BCUT2D eigenvalue weighted by Gasteiger charge is 2.22. The number of rotatable bonds is 6. The van der Waals surface area contributed by atoms with Gasteiger partial charge in [-0.2, -0.15) is 0 Å². The summed E-state index contributed by atoms with van der Waals surface area (Å²) >= 11 is 0. The van der Waals surface area contributed by atoms with E-state index in [-0.39, 0.29) is 5.92 Å². The largest absolute Gasteiger partial charge is 0.490 e. The Hall–Kier alpha value is -2.09.